The van der Waals surface area contributed by atoms with Crippen molar-refractivity contribution in [3.05, 3.63) is 78.9 Å². The van der Waals surface area contributed by atoms with Gasteiger partial charge in [-0.2, -0.15) is 0 Å². The SMILES string of the molecule is C1CCC(CN2CCCC2)CC1.Cc1cc(-c2ccccc2)nc2cc(-c3ncn4ccnc(N)c34)ccc12. The van der Waals surface area contributed by atoms with Gasteiger partial charge in [0.15, 0.2) is 0 Å². The lowest BCUT2D eigenvalue weighted by Gasteiger charge is -2.26. The summed E-state index contributed by atoms with van der Waals surface area (Å²) in [6.45, 7) is 6.30. The Balaban J connectivity index is 0.000000193. The van der Waals surface area contributed by atoms with Gasteiger partial charge in [-0.15, -0.1) is 0 Å². The van der Waals surface area contributed by atoms with Crippen molar-refractivity contribution in [1.82, 2.24) is 24.3 Å². The van der Waals surface area contributed by atoms with Crippen LogP contribution in [0.15, 0.2) is 73.3 Å². The lowest BCUT2D eigenvalue weighted by molar-refractivity contribution is 0.234. The third-order valence-electron chi connectivity index (χ3n) is 8.28. The van der Waals surface area contributed by atoms with E-state index in [1.807, 2.05) is 28.8 Å². The lowest BCUT2D eigenvalue weighted by atomic mass is 9.89. The van der Waals surface area contributed by atoms with E-state index >= 15 is 0 Å². The number of benzene rings is 2. The fourth-order valence-corrected chi connectivity index (χ4v) is 6.19. The molecule has 6 heteroatoms. The quantitative estimate of drug-likeness (QED) is 0.273. The van der Waals surface area contributed by atoms with Crippen LogP contribution in [0.5, 0.6) is 0 Å². The number of likely N-dealkylation sites (tertiary alicyclic amines) is 1. The van der Waals surface area contributed by atoms with Crippen molar-refractivity contribution in [2.75, 3.05) is 25.4 Å². The normalized spacial score (nSPS) is 16.4. The third-order valence-corrected chi connectivity index (χ3v) is 8.28. The molecule has 2 aliphatic rings. The van der Waals surface area contributed by atoms with Gasteiger partial charge < -0.3 is 15.0 Å². The van der Waals surface area contributed by atoms with E-state index in [9.17, 15) is 0 Å². The smallest absolute Gasteiger partial charge is 0.150 e. The van der Waals surface area contributed by atoms with Gasteiger partial charge in [-0.1, -0.05) is 61.7 Å². The summed E-state index contributed by atoms with van der Waals surface area (Å²) in [6, 6.07) is 18.6. The molecular weight excluding hydrogens is 480 g/mol. The number of hydrogen-bond donors (Lipinski definition) is 1. The second-order valence-electron chi connectivity index (χ2n) is 11.1. The van der Waals surface area contributed by atoms with Crippen LogP contribution in [0.1, 0.15) is 50.5 Å². The van der Waals surface area contributed by atoms with Crippen molar-refractivity contribution in [3.8, 4) is 22.5 Å². The highest BCUT2D eigenvalue weighted by molar-refractivity contribution is 5.92. The first-order valence-electron chi connectivity index (χ1n) is 14.4. The largest absolute Gasteiger partial charge is 0.382 e. The molecule has 1 saturated heterocycles. The molecule has 200 valence electrons. The van der Waals surface area contributed by atoms with Gasteiger partial charge in [0.25, 0.3) is 0 Å². The molecule has 1 aliphatic carbocycles. The number of aromatic nitrogens is 4. The number of fused-ring (bicyclic) bond motifs is 2. The van der Waals surface area contributed by atoms with Crippen molar-refractivity contribution in [2.45, 2.75) is 51.9 Å². The number of pyridine rings is 1. The Morgan fingerprint density at radius 1 is 0.872 bits per heavy atom. The molecule has 1 aliphatic heterocycles. The minimum atomic E-state index is 0.465. The predicted molar refractivity (Wildman–Crippen MR) is 161 cm³/mol. The van der Waals surface area contributed by atoms with E-state index in [1.165, 1.54) is 70.1 Å². The monoisotopic (exact) mass is 518 g/mol. The zero-order chi connectivity index (χ0) is 26.6. The van der Waals surface area contributed by atoms with Crippen molar-refractivity contribution in [2.24, 2.45) is 5.92 Å². The summed E-state index contributed by atoms with van der Waals surface area (Å²) in [7, 11) is 0. The predicted octanol–water partition coefficient (Wildman–Crippen LogP) is 7.16. The highest BCUT2D eigenvalue weighted by atomic mass is 15.1. The topological polar surface area (TPSA) is 72.3 Å². The van der Waals surface area contributed by atoms with E-state index in [-0.39, 0.29) is 0 Å². The van der Waals surface area contributed by atoms with Gasteiger partial charge in [-0.3, -0.25) is 0 Å². The Bertz CT molecular complexity index is 1550. The maximum absolute atomic E-state index is 6.09. The number of nitrogens with two attached hydrogens (primary N) is 1. The molecule has 0 radical (unpaired) electrons. The average molecular weight is 519 g/mol. The van der Waals surface area contributed by atoms with Gasteiger partial charge in [0.05, 0.1) is 16.9 Å². The van der Waals surface area contributed by atoms with Crippen LogP contribution in [0.25, 0.3) is 38.9 Å². The van der Waals surface area contributed by atoms with Crippen LogP contribution in [0.4, 0.5) is 5.82 Å². The Kier molecular flexibility index (Phi) is 7.55. The summed E-state index contributed by atoms with van der Waals surface area (Å²) < 4.78 is 1.89. The number of hydrogen-bond acceptors (Lipinski definition) is 5. The van der Waals surface area contributed by atoms with Gasteiger partial charge in [0.2, 0.25) is 0 Å². The maximum atomic E-state index is 6.09. The highest BCUT2D eigenvalue weighted by Crippen LogP contribution is 2.31. The van der Waals surface area contributed by atoms with Crippen LogP contribution < -0.4 is 5.73 Å². The summed E-state index contributed by atoms with van der Waals surface area (Å²) in [4.78, 5) is 16.3. The Labute approximate surface area is 230 Å². The molecule has 5 aromatic rings. The molecular formula is C33H38N6. The zero-order valence-corrected chi connectivity index (χ0v) is 22.9. The molecule has 4 heterocycles. The molecule has 3 aromatic heterocycles. The van der Waals surface area contributed by atoms with Crippen LogP contribution in [-0.2, 0) is 0 Å². The Morgan fingerprint density at radius 3 is 2.46 bits per heavy atom. The summed E-state index contributed by atoms with van der Waals surface area (Å²) in [5.41, 5.74) is 12.9. The van der Waals surface area contributed by atoms with E-state index < -0.39 is 0 Å². The van der Waals surface area contributed by atoms with Crippen molar-refractivity contribution in [1.29, 1.82) is 0 Å². The minimum Gasteiger partial charge on any atom is -0.382 e. The molecule has 0 spiro atoms. The van der Waals surface area contributed by atoms with Crippen LogP contribution in [-0.4, -0.2) is 43.9 Å². The third kappa shape index (κ3) is 5.66. The summed E-state index contributed by atoms with van der Waals surface area (Å²) in [5.74, 6) is 1.52. The molecule has 6 nitrogen and oxygen atoms in total. The van der Waals surface area contributed by atoms with Crippen LogP contribution in [0.3, 0.4) is 0 Å². The second kappa shape index (κ2) is 11.5. The van der Waals surface area contributed by atoms with Gasteiger partial charge in [0.1, 0.15) is 17.7 Å². The lowest BCUT2D eigenvalue weighted by Crippen LogP contribution is -2.27. The standard InChI is InChI=1S/C22H17N5.C11H21N/c1-14-11-18(15-5-3-2-4-6-15)26-19-12-16(7-8-17(14)19)20-21-22(23)24-9-10-27(21)13-25-20;1-2-6-11(7-3-1)10-12-8-4-5-9-12/h2-13H,1H3,(H2,23,24);11H,1-10H2. The first kappa shape index (κ1) is 25.5. The number of aryl methyl sites for hydroxylation is 1. The number of nitrogens with zero attached hydrogens (tertiary/aromatic N) is 5. The highest BCUT2D eigenvalue weighted by Gasteiger charge is 2.19. The van der Waals surface area contributed by atoms with Crippen molar-refractivity contribution in [3.63, 3.8) is 0 Å². The van der Waals surface area contributed by atoms with Gasteiger partial charge in [-0.05, 0) is 69.3 Å². The van der Waals surface area contributed by atoms with Crippen molar-refractivity contribution >= 4 is 22.2 Å². The first-order chi connectivity index (χ1) is 19.2. The number of rotatable bonds is 4. The molecule has 2 aromatic carbocycles. The van der Waals surface area contributed by atoms with E-state index in [4.69, 9.17) is 10.7 Å². The first-order valence-corrected chi connectivity index (χ1v) is 14.4. The number of anilines is 1. The molecule has 0 atom stereocenters. The summed E-state index contributed by atoms with van der Waals surface area (Å²) in [5, 5.41) is 1.13. The van der Waals surface area contributed by atoms with Crippen LogP contribution >= 0.6 is 0 Å². The zero-order valence-electron chi connectivity index (χ0n) is 22.9. The van der Waals surface area contributed by atoms with Crippen LogP contribution in [0, 0.1) is 12.8 Å². The molecule has 2 N–H and O–H groups in total. The summed E-state index contributed by atoms with van der Waals surface area (Å²) >= 11 is 0. The Morgan fingerprint density at radius 2 is 1.67 bits per heavy atom. The maximum Gasteiger partial charge on any atom is 0.150 e. The van der Waals surface area contributed by atoms with Crippen LogP contribution in [0.2, 0.25) is 0 Å². The average Bonchev–Trinajstić information content (AvgIpc) is 3.65. The molecule has 7 rings (SSSR count). The molecule has 0 unspecified atom stereocenters. The van der Waals surface area contributed by atoms with Crippen molar-refractivity contribution < 1.29 is 0 Å². The molecule has 2 fully saturated rings. The van der Waals surface area contributed by atoms with E-state index in [0.29, 0.717) is 5.82 Å². The van der Waals surface area contributed by atoms with E-state index in [1.54, 1.807) is 12.5 Å². The Hall–Kier alpha value is -3.77. The van der Waals surface area contributed by atoms with Gasteiger partial charge in [0, 0.05) is 35.5 Å². The minimum absolute atomic E-state index is 0.465. The molecule has 1 saturated carbocycles. The number of nitrogen functional groups attached to an aromatic ring is 1. The fourth-order valence-electron chi connectivity index (χ4n) is 6.19. The van der Waals surface area contributed by atoms with E-state index in [2.05, 4.69) is 58.2 Å². The summed E-state index contributed by atoms with van der Waals surface area (Å²) in [6.07, 6.45) is 15.7. The fraction of sp³-hybridized carbons (Fsp3) is 0.364. The van der Waals surface area contributed by atoms with E-state index in [0.717, 1.165) is 44.9 Å². The molecule has 0 bridgehead atoms. The molecule has 0 amide bonds. The van der Waals surface area contributed by atoms with Gasteiger partial charge in [-0.25, -0.2) is 15.0 Å². The second-order valence-corrected chi connectivity index (χ2v) is 11.1. The van der Waals surface area contributed by atoms with Gasteiger partial charge >= 0.3 is 0 Å². The number of imidazole rings is 1. The molecule has 39 heavy (non-hydrogen) atoms.